The van der Waals surface area contributed by atoms with Gasteiger partial charge in [0.25, 0.3) is 0 Å². The third-order valence-corrected chi connectivity index (χ3v) is 5.59. The highest BCUT2D eigenvalue weighted by Gasteiger charge is 2.44. The fraction of sp³-hybridized carbons (Fsp3) is 0.250. The first-order chi connectivity index (χ1) is 14.2. The molecule has 0 amide bonds. The number of fused-ring (bicyclic) bond motifs is 2. The molecule has 1 aliphatic rings. The number of hydrogen-bond acceptors (Lipinski definition) is 5. The fourth-order valence-corrected chi connectivity index (χ4v) is 3.79. The largest absolute Gasteiger partial charge is 0.481 e. The summed E-state index contributed by atoms with van der Waals surface area (Å²) < 4.78 is 6.02. The van der Waals surface area contributed by atoms with Crippen LogP contribution in [0.5, 0.6) is 11.8 Å². The first-order valence-electron chi connectivity index (χ1n) is 9.69. The molecule has 6 nitrogen and oxygen atoms in total. The Morgan fingerprint density at radius 1 is 0.933 bits per heavy atom. The average molecular weight is 402 g/mol. The molecule has 1 aromatic carbocycles. The van der Waals surface area contributed by atoms with Crippen LogP contribution in [0.3, 0.4) is 0 Å². The second-order valence-electron chi connectivity index (χ2n) is 8.13. The minimum absolute atomic E-state index is 0.0000727. The van der Waals surface area contributed by atoms with Gasteiger partial charge in [0.15, 0.2) is 5.78 Å². The number of pyridine rings is 2. The van der Waals surface area contributed by atoms with Crippen molar-refractivity contribution in [2.24, 2.45) is 5.41 Å². The Kier molecular flexibility index (Phi) is 4.65. The van der Waals surface area contributed by atoms with Gasteiger partial charge in [-0.2, -0.15) is 0 Å². The van der Waals surface area contributed by atoms with Crippen LogP contribution in [-0.4, -0.2) is 26.8 Å². The highest BCUT2D eigenvalue weighted by atomic mass is 16.5. The van der Waals surface area contributed by atoms with Crippen LogP contribution in [-0.2, 0) is 4.79 Å². The van der Waals surface area contributed by atoms with E-state index in [4.69, 9.17) is 4.74 Å². The van der Waals surface area contributed by atoms with Crippen molar-refractivity contribution < 1.29 is 19.4 Å². The number of benzene rings is 1. The van der Waals surface area contributed by atoms with E-state index in [0.717, 1.165) is 16.8 Å². The molecule has 0 radical (unpaired) electrons. The number of carbonyl (C=O) groups is 2. The van der Waals surface area contributed by atoms with Gasteiger partial charge < -0.3 is 9.84 Å². The van der Waals surface area contributed by atoms with Gasteiger partial charge in [-0.15, -0.1) is 0 Å². The number of carboxylic acids is 1. The van der Waals surface area contributed by atoms with Gasteiger partial charge in [0, 0.05) is 33.9 Å². The number of carbonyl (C=O) groups excluding carboxylic acids is 1. The summed E-state index contributed by atoms with van der Waals surface area (Å²) in [4.78, 5) is 32.7. The molecule has 4 rings (SSSR count). The zero-order valence-electron chi connectivity index (χ0n) is 17.3. The molecule has 1 atom stereocenters. The molecule has 0 fully saturated rings. The van der Waals surface area contributed by atoms with E-state index in [1.165, 1.54) is 6.92 Å². The van der Waals surface area contributed by atoms with Crippen molar-refractivity contribution in [3.63, 3.8) is 0 Å². The second kappa shape index (κ2) is 7.06. The highest BCUT2D eigenvalue weighted by molar-refractivity contribution is 5.94. The molecule has 0 bridgehead atoms. The zero-order chi connectivity index (χ0) is 21.6. The lowest BCUT2D eigenvalue weighted by Crippen LogP contribution is -2.34. The van der Waals surface area contributed by atoms with Crippen molar-refractivity contribution in [2.75, 3.05) is 0 Å². The third-order valence-electron chi connectivity index (χ3n) is 5.59. The van der Waals surface area contributed by atoms with Crippen LogP contribution < -0.4 is 4.74 Å². The SMILES string of the molecule is CC(=O)c1ccc(-c2ccc3c(n2)Oc2nc(C)ccc2[C@@H]3C(C)(C)C(=O)O)cc1. The maximum atomic E-state index is 12.1. The van der Waals surface area contributed by atoms with E-state index in [1.54, 1.807) is 26.0 Å². The smallest absolute Gasteiger partial charge is 0.310 e. The van der Waals surface area contributed by atoms with Gasteiger partial charge in [-0.3, -0.25) is 9.59 Å². The summed E-state index contributed by atoms with van der Waals surface area (Å²) in [6.45, 7) is 6.79. The number of ether oxygens (including phenoxy) is 1. The summed E-state index contributed by atoms with van der Waals surface area (Å²) >= 11 is 0. The maximum Gasteiger partial charge on any atom is 0.310 e. The van der Waals surface area contributed by atoms with Gasteiger partial charge in [0.2, 0.25) is 11.8 Å². The summed E-state index contributed by atoms with van der Waals surface area (Å²) in [5, 5.41) is 9.89. The van der Waals surface area contributed by atoms with Crippen molar-refractivity contribution in [3.05, 3.63) is 70.9 Å². The third kappa shape index (κ3) is 3.24. The summed E-state index contributed by atoms with van der Waals surface area (Å²) in [5.41, 5.74) is 3.28. The van der Waals surface area contributed by atoms with E-state index in [9.17, 15) is 14.7 Å². The molecule has 1 N–H and O–H groups in total. The molecule has 3 heterocycles. The zero-order valence-corrected chi connectivity index (χ0v) is 17.3. The van der Waals surface area contributed by atoms with Gasteiger partial charge in [-0.1, -0.05) is 36.4 Å². The molecule has 1 aliphatic heterocycles. The van der Waals surface area contributed by atoms with Crippen LogP contribution >= 0.6 is 0 Å². The molecule has 0 aliphatic carbocycles. The Hall–Kier alpha value is -3.54. The molecule has 0 saturated carbocycles. The predicted octanol–water partition coefficient (Wildman–Crippen LogP) is 5.00. The van der Waals surface area contributed by atoms with Crippen LogP contribution in [0.15, 0.2) is 48.5 Å². The van der Waals surface area contributed by atoms with Crippen LogP contribution in [0.4, 0.5) is 0 Å². The van der Waals surface area contributed by atoms with Crippen molar-refractivity contribution in [1.82, 2.24) is 9.97 Å². The number of nitrogens with zero attached hydrogens (tertiary/aromatic N) is 2. The number of aryl methyl sites for hydroxylation is 1. The molecule has 0 unspecified atom stereocenters. The molecule has 0 spiro atoms. The summed E-state index contributed by atoms with van der Waals surface area (Å²) in [6.07, 6.45) is 0. The topological polar surface area (TPSA) is 89.4 Å². The first-order valence-corrected chi connectivity index (χ1v) is 9.69. The van der Waals surface area contributed by atoms with Gasteiger partial charge in [0.1, 0.15) is 0 Å². The standard InChI is InChI=1S/C24H22N2O4/c1-13-5-10-17-20(24(3,4)23(28)29)18-11-12-19(26-22(18)30-21(17)25-13)16-8-6-15(7-9-16)14(2)27/h5-12,20H,1-4H3,(H,28,29)/t20-/m0/s1. The minimum atomic E-state index is -1.09. The number of rotatable bonds is 4. The highest BCUT2D eigenvalue weighted by Crippen LogP contribution is 2.51. The lowest BCUT2D eigenvalue weighted by atomic mass is 9.71. The normalized spacial score (nSPS) is 15.0. The van der Waals surface area contributed by atoms with Crippen molar-refractivity contribution in [3.8, 4) is 23.0 Å². The van der Waals surface area contributed by atoms with Gasteiger partial charge in [-0.05, 0) is 39.8 Å². The molecule has 0 saturated heterocycles. The van der Waals surface area contributed by atoms with Gasteiger partial charge >= 0.3 is 5.97 Å². The van der Waals surface area contributed by atoms with Crippen molar-refractivity contribution in [1.29, 1.82) is 0 Å². The molecular formula is C24H22N2O4. The van der Waals surface area contributed by atoms with Crippen LogP contribution in [0.2, 0.25) is 0 Å². The van der Waals surface area contributed by atoms with E-state index in [2.05, 4.69) is 9.97 Å². The number of ketones is 1. The Balaban J connectivity index is 1.84. The van der Waals surface area contributed by atoms with Crippen molar-refractivity contribution >= 4 is 11.8 Å². The number of carboxylic acid groups (broad SMARTS) is 1. The Morgan fingerprint density at radius 3 is 2.13 bits per heavy atom. The molecule has 30 heavy (non-hydrogen) atoms. The van der Waals surface area contributed by atoms with Crippen LogP contribution in [0, 0.1) is 12.3 Å². The predicted molar refractivity (Wildman–Crippen MR) is 112 cm³/mol. The van der Waals surface area contributed by atoms with E-state index in [1.807, 2.05) is 43.3 Å². The van der Waals surface area contributed by atoms with Crippen molar-refractivity contribution in [2.45, 2.75) is 33.6 Å². The minimum Gasteiger partial charge on any atom is -0.481 e. The monoisotopic (exact) mass is 402 g/mol. The molecule has 6 heteroatoms. The van der Waals surface area contributed by atoms with E-state index < -0.39 is 17.3 Å². The molecular weight excluding hydrogens is 380 g/mol. The number of aliphatic carboxylic acids is 1. The number of aromatic nitrogens is 2. The Morgan fingerprint density at radius 2 is 1.53 bits per heavy atom. The number of hydrogen-bond donors (Lipinski definition) is 1. The molecule has 152 valence electrons. The summed E-state index contributed by atoms with van der Waals surface area (Å²) in [6, 6.07) is 14.6. The van der Waals surface area contributed by atoms with Gasteiger partial charge in [0.05, 0.1) is 11.1 Å². The first kappa shape index (κ1) is 19.8. The maximum absolute atomic E-state index is 12.1. The Labute approximate surface area is 174 Å². The van der Waals surface area contributed by atoms with E-state index >= 15 is 0 Å². The fourth-order valence-electron chi connectivity index (χ4n) is 3.79. The van der Waals surface area contributed by atoms with E-state index in [-0.39, 0.29) is 5.78 Å². The van der Waals surface area contributed by atoms with E-state index in [0.29, 0.717) is 28.6 Å². The lowest BCUT2D eigenvalue weighted by molar-refractivity contribution is -0.147. The quantitative estimate of drug-likeness (QED) is 0.618. The molecule has 2 aromatic heterocycles. The Bertz CT molecular complexity index is 1170. The lowest BCUT2D eigenvalue weighted by Gasteiger charge is -2.35. The van der Waals surface area contributed by atoms with Crippen LogP contribution in [0.1, 0.15) is 53.9 Å². The summed E-state index contributed by atoms with van der Waals surface area (Å²) in [5.74, 6) is -0.620. The summed E-state index contributed by atoms with van der Waals surface area (Å²) in [7, 11) is 0. The average Bonchev–Trinajstić information content (AvgIpc) is 2.71. The number of Topliss-reactive ketones (excluding diaryl/α,β-unsaturated/α-hetero) is 1. The molecule has 3 aromatic rings. The van der Waals surface area contributed by atoms with Crippen LogP contribution in [0.25, 0.3) is 11.3 Å². The second-order valence-corrected chi connectivity index (χ2v) is 8.13. The van der Waals surface area contributed by atoms with Gasteiger partial charge in [-0.25, -0.2) is 9.97 Å².